The second-order valence-electron chi connectivity index (χ2n) is 7.06. The van der Waals surface area contributed by atoms with Gasteiger partial charge in [0.15, 0.2) is 0 Å². The zero-order valence-corrected chi connectivity index (χ0v) is 17.2. The molecule has 1 aliphatic rings. The Labute approximate surface area is 169 Å². The fourth-order valence-corrected chi connectivity index (χ4v) is 4.05. The Bertz CT molecular complexity index is 953. The van der Waals surface area contributed by atoms with Gasteiger partial charge in [0.25, 0.3) is 0 Å². The van der Waals surface area contributed by atoms with Crippen molar-refractivity contribution in [2.45, 2.75) is 13.5 Å². The maximum absolute atomic E-state index is 4.84. The third-order valence-corrected chi connectivity index (χ3v) is 5.65. The number of benzene rings is 3. The summed E-state index contributed by atoms with van der Waals surface area (Å²) in [5.41, 5.74) is 3.65. The van der Waals surface area contributed by atoms with E-state index in [1.165, 1.54) is 21.9 Å². The summed E-state index contributed by atoms with van der Waals surface area (Å²) in [5, 5.41) is 9.73. The SMILES string of the molecule is CC(=NN1CCN(Cc2cccc3ccccc23)CC1)c1cccc(Br)c1. The smallest absolute Gasteiger partial charge is 0.0647 e. The van der Waals surface area contributed by atoms with E-state index in [4.69, 9.17) is 5.10 Å². The molecule has 0 aromatic heterocycles. The number of hydrogen-bond acceptors (Lipinski definition) is 3. The first kappa shape index (κ1) is 18.2. The number of halogens is 1. The highest BCUT2D eigenvalue weighted by atomic mass is 79.9. The summed E-state index contributed by atoms with van der Waals surface area (Å²) < 4.78 is 1.09. The molecule has 0 saturated carbocycles. The standard InChI is InChI=1S/C23H24BrN3/c1-18(20-8-5-10-22(24)16-20)25-27-14-12-26(13-15-27)17-21-9-4-7-19-6-2-3-11-23(19)21/h2-11,16H,12-15,17H2,1H3. The molecule has 0 atom stereocenters. The van der Waals surface area contributed by atoms with E-state index in [-0.39, 0.29) is 0 Å². The lowest BCUT2D eigenvalue weighted by molar-refractivity contribution is 0.131. The van der Waals surface area contributed by atoms with Crippen molar-refractivity contribution in [3.63, 3.8) is 0 Å². The maximum Gasteiger partial charge on any atom is 0.0647 e. The van der Waals surface area contributed by atoms with E-state index in [0.29, 0.717) is 0 Å². The van der Waals surface area contributed by atoms with E-state index in [0.717, 1.165) is 42.9 Å². The highest BCUT2D eigenvalue weighted by Crippen LogP contribution is 2.21. The van der Waals surface area contributed by atoms with Gasteiger partial charge in [0.2, 0.25) is 0 Å². The lowest BCUT2D eigenvalue weighted by Crippen LogP contribution is -2.43. The van der Waals surface area contributed by atoms with E-state index < -0.39 is 0 Å². The Morgan fingerprint density at radius 3 is 2.48 bits per heavy atom. The predicted molar refractivity (Wildman–Crippen MR) is 117 cm³/mol. The molecule has 3 nitrogen and oxygen atoms in total. The summed E-state index contributed by atoms with van der Waals surface area (Å²) in [5.74, 6) is 0. The Hall–Kier alpha value is -2.17. The molecule has 0 aliphatic carbocycles. The molecule has 138 valence electrons. The summed E-state index contributed by atoms with van der Waals surface area (Å²) >= 11 is 3.54. The summed E-state index contributed by atoms with van der Waals surface area (Å²) in [7, 11) is 0. The van der Waals surface area contributed by atoms with Gasteiger partial charge >= 0.3 is 0 Å². The van der Waals surface area contributed by atoms with Crippen LogP contribution in [-0.2, 0) is 6.54 Å². The number of nitrogens with zero attached hydrogens (tertiary/aromatic N) is 3. The number of hydrogen-bond donors (Lipinski definition) is 0. The van der Waals surface area contributed by atoms with Crippen molar-refractivity contribution in [3.8, 4) is 0 Å². The molecule has 1 saturated heterocycles. The molecule has 0 spiro atoms. The van der Waals surface area contributed by atoms with Crippen LogP contribution in [0.25, 0.3) is 10.8 Å². The summed E-state index contributed by atoms with van der Waals surface area (Å²) in [6.07, 6.45) is 0. The Balaban J connectivity index is 1.39. The van der Waals surface area contributed by atoms with Crippen molar-refractivity contribution >= 4 is 32.4 Å². The van der Waals surface area contributed by atoms with Crippen molar-refractivity contribution in [3.05, 3.63) is 82.3 Å². The molecule has 1 fully saturated rings. The fourth-order valence-electron chi connectivity index (χ4n) is 3.65. The molecule has 0 radical (unpaired) electrons. The molecule has 0 bridgehead atoms. The predicted octanol–water partition coefficient (Wildman–Crippen LogP) is 5.14. The number of piperazine rings is 1. The van der Waals surface area contributed by atoms with Gasteiger partial charge in [-0.05, 0) is 41.0 Å². The van der Waals surface area contributed by atoms with Crippen LogP contribution in [0.2, 0.25) is 0 Å². The van der Waals surface area contributed by atoms with Crippen molar-refractivity contribution in [2.75, 3.05) is 26.2 Å². The van der Waals surface area contributed by atoms with Gasteiger partial charge in [0.05, 0.1) is 5.71 Å². The minimum Gasteiger partial charge on any atom is -0.295 e. The van der Waals surface area contributed by atoms with E-state index >= 15 is 0 Å². The van der Waals surface area contributed by atoms with Gasteiger partial charge in [-0.2, -0.15) is 5.10 Å². The third-order valence-electron chi connectivity index (χ3n) is 5.16. The maximum atomic E-state index is 4.84. The number of fused-ring (bicyclic) bond motifs is 1. The normalized spacial score (nSPS) is 16.1. The van der Waals surface area contributed by atoms with Crippen LogP contribution in [0.15, 0.2) is 76.3 Å². The summed E-state index contributed by atoms with van der Waals surface area (Å²) in [6.45, 7) is 7.11. The zero-order chi connectivity index (χ0) is 18.6. The van der Waals surface area contributed by atoms with Crippen LogP contribution in [0.3, 0.4) is 0 Å². The van der Waals surface area contributed by atoms with Gasteiger partial charge in [-0.1, -0.05) is 70.5 Å². The van der Waals surface area contributed by atoms with Gasteiger partial charge in [-0.15, -0.1) is 0 Å². The Morgan fingerprint density at radius 2 is 1.67 bits per heavy atom. The molecule has 27 heavy (non-hydrogen) atoms. The van der Waals surface area contributed by atoms with Crippen molar-refractivity contribution in [2.24, 2.45) is 5.10 Å². The molecule has 3 aromatic carbocycles. The number of rotatable bonds is 4. The van der Waals surface area contributed by atoms with Crippen LogP contribution in [0.4, 0.5) is 0 Å². The van der Waals surface area contributed by atoms with Gasteiger partial charge in [0, 0.05) is 37.2 Å². The number of hydrazone groups is 1. The topological polar surface area (TPSA) is 18.8 Å². The molecule has 0 unspecified atom stereocenters. The molecular formula is C23H24BrN3. The van der Waals surface area contributed by atoms with Crippen LogP contribution in [-0.4, -0.2) is 41.8 Å². The van der Waals surface area contributed by atoms with E-state index in [9.17, 15) is 0 Å². The minimum absolute atomic E-state index is 0.968. The van der Waals surface area contributed by atoms with Gasteiger partial charge in [-0.25, -0.2) is 0 Å². The summed E-state index contributed by atoms with van der Waals surface area (Å²) in [6, 6.07) is 23.6. The van der Waals surface area contributed by atoms with Gasteiger partial charge in [0.1, 0.15) is 0 Å². The van der Waals surface area contributed by atoms with Crippen LogP contribution in [0.5, 0.6) is 0 Å². The highest BCUT2D eigenvalue weighted by molar-refractivity contribution is 9.10. The molecule has 4 heteroatoms. The molecule has 0 amide bonds. The second-order valence-corrected chi connectivity index (χ2v) is 7.98. The monoisotopic (exact) mass is 421 g/mol. The van der Waals surface area contributed by atoms with E-state index in [2.05, 4.69) is 93.4 Å². The average molecular weight is 422 g/mol. The van der Waals surface area contributed by atoms with Crippen molar-refractivity contribution in [1.29, 1.82) is 0 Å². The molecule has 1 heterocycles. The molecule has 0 N–H and O–H groups in total. The highest BCUT2D eigenvalue weighted by Gasteiger charge is 2.17. The lowest BCUT2D eigenvalue weighted by Gasteiger charge is -2.33. The van der Waals surface area contributed by atoms with Crippen molar-refractivity contribution in [1.82, 2.24) is 9.91 Å². The molecular weight excluding hydrogens is 398 g/mol. The van der Waals surface area contributed by atoms with Crippen molar-refractivity contribution < 1.29 is 0 Å². The average Bonchev–Trinajstić information content (AvgIpc) is 2.70. The Kier molecular flexibility index (Phi) is 5.55. The van der Waals surface area contributed by atoms with Crippen LogP contribution in [0.1, 0.15) is 18.1 Å². The third kappa shape index (κ3) is 4.40. The first-order valence-electron chi connectivity index (χ1n) is 9.44. The minimum atomic E-state index is 0.968. The Morgan fingerprint density at radius 1 is 0.926 bits per heavy atom. The lowest BCUT2D eigenvalue weighted by atomic mass is 10.0. The molecule has 1 aliphatic heterocycles. The molecule has 3 aromatic rings. The fraction of sp³-hybridized carbons (Fsp3) is 0.261. The van der Waals surface area contributed by atoms with E-state index in [1.54, 1.807) is 0 Å². The van der Waals surface area contributed by atoms with Gasteiger partial charge < -0.3 is 0 Å². The first-order chi connectivity index (χ1) is 13.2. The quantitative estimate of drug-likeness (QED) is 0.542. The first-order valence-corrected chi connectivity index (χ1v) is 10.2. The molecule has 4 rings (SSSR count). The second kappa shape index (κ2) is 8.24. The largest absolute Gasteiger partial charge is 0.295 e. The van der Waals surface area contributed by atoms with Crippen LogP contribution < -0.4 is 0 Å². The summed E-state index contributed by atoms with van der Waals surface area (Å²) in [4.78, 5) is 2.53. The van der Waals surface area contributed by atoms with Crippen LogP contribution >= 0.6 is 15.9 Å². The zero-order valence-electron chi connectivity index (χ0n) is 15.6. The van der Waals surface area contributed by atoms with E-state index in [1.807, 2.05) is 6.07 Å². The van der Waals surface area contributed by atoms with Crippen LogP contribution in [0, 0.1) is 0 Å². The van der Waals surface area contributed by atoms with Gasteiger partial charge in [-0.3, -0.25) is 9.91 Å².